The Morgan fingerprint density at radius 2 is 1.83 bits per heavy atom. The molecule has 0 radical (unpaired) electrons. The number of carbonyl (C=O) groups excluding carboxylic acids is 2. The highest BCUT2D eigenvalue weighted by molar-refractivity contribution is 5.96. The number of nitrogens with zero attached hydrogens (tertiary/aromatic N) is 6. The summed E-state index contributed by atoms with van der Waals surface area (Å²) in [4.78, 5) is 42.1. The highest BCUT2D eigenvalue weighted by atomic mass is 19.3. The maximum absolute atomic E-state index is 15.0. The Morgan fingerprint density at radius 3 is 2.51 bits per heavy atom. The van der Waals surface area contributed by atoms with Gasteiger partial charge in [0.15, 0.2) is 23.0 Å². The number of carbonyl (C=O) groups is 2. The lowest BCUT2D eigenvalue weighted by Gasteiger charge is -2.51. The van der Waals surface area contributed by atoms with Crippen molar-refractivity contribution in [2.45, 2.75) is 39.7 Å². The van der Waals surface area contributed by atoms with Gasteiger partial charge < -0.3 is 30.1 Å². The van der Waals surface area contributed by atoms with Crippen molar-refractivity contribution in [3.63, 3.8) is 0 Å². The van der Waals surface area contributed by atoms with E-state index >= 15 is 0 Å². The molecule has 3 fully saturated rings. The number of anilines is 2. The molecule has 7 rings (SSSR count). The molecule has 15 heteroatoms. The molecule has 2 amide bonds. The molecule has 4 aromatic rings. The average molecular weight is 737 g/mol. The number of rotatable bonds is 12. The van der Waals surface area contributed by atoms with Gasteiger partial charge in [-0.05, 0) is 68.1 Å². The lowest BCUT2D eigenvalue weighted by atomic mass is 9.79. The van der Waals surface area contributed by atoms with Gasteiger partial charge in [0.05, 0.1) is 11.9 Å². The van der Waals surface area contributed by atoms with Crippen LogP contribution in [-0.4, -0.2) is 107 Å². The molecular formula is C38H44F4N8O3. The fraction of sp³-hybridized carbons (Fsp3) is 0.474. The van der Waals surface area contributed by atoms with E-state index in [1.54, 1.807) is 12.1 Å². The molecule has 0 saturated carbocycles. The van der Waals surface area contributed by atoms with Crippen LogP contribution in [0.5, 0.6) is 5.75 Å². The molecule has 0 aliphatic carbocycles. The smallest absolute Gasteiger partial charge is 0.387 e. The molecule has 53 heavy (non-hydrogen) atoms. The first kappa shape index (κ1) is 36.6. The van der Waals surface area contributed by atoms with Crippen LogP contribution in [0.15, 0.2) is 48.9 Å². The molecule has 2 N–H and O–H groups in total. The van der Waals surface area contributed by atoms with Gasteiger partial charge in [-0.15, -0.1) is 0 Å². The average Bonchev–Trinajstić information content (AvgIpc) is 3.55. The lowest BCUT2D eigenvalue weighted by molar-refractivity contribution is -0.149. The second kappa shape index (κ2) is 14.9. The maximum atomic E-state index is 15.0. The number of halogens is 4. The van der Waals surface area contributed by atoms with Crippen molar-refractivity contribution in [1.82, 2.24) is 34.4 Å². The molecule has 3 aliphatic rings. The van der Waals surface area contributed by atoms with Crippen molar-refractivity contribution in [2.24, 2.45) is 17.3 Å². The van der Waals surface area contributed by atoms with Crippen LogP contribution in [0.2, 0.25) is 0 Å². The summed E-state index contributed by atoms with van der Waals surface area (Å²) in [6.45, 7) is 7.74. The summed E-state index contributed by atoms with van der Waals surface area (Å²) in [6.07, 6.45) is 6.19. The van der Waals surface area contributed by atoms with Crippen LogP contribution < -0.4 is 15.4 Å². The first-order chi connectivity index (χ1) is 25.4. The van der Waals surface area contributed by atoms with Crippen molar-refractivity contribution in [3.05, 3.63) is 71.7 Å². The van der Waals surface area contributed by atoms with Gasteiger partial charge >= 0.3 is 6.61 Å². The summed E-state index contributed by atoms with van der Waals surface area (Å²) in [6, 6.07) is 7.51. The molecule has 3 aliphatic heterocycles. The Bertz CT molecular complexity index is 1990. The molecule has 282 valence electrons. The molecule has 0 spiro atoms. The van der Waals surface area contributed by atoms with Crippen LogP contribution in [0.1, 0.15) is 42.6 Å². The van der Waals surface area contributed by atoms with Gasteiger partial charge in [0.1, 0.15) is 0 Å². The Balaban J connectivity index is 0.969. The van der Waals surface area contributed by atoms with Gasteiger partial charge in [0.2, 0.25) is 11.7 Å². The largest absolute Gasteiger partial charge is 0.432 e. The number of benzene rings is 2. The monoisotopic (exact) mass is 736 g/mol. The summed E-state index contributed by atoms with van der Waals surface area (Å²) in [5, 5.41) is 6.54. The van der Waals surface area contributed by atoms with Gasteiger partial charge in [0, 0.05) is 92.9 Å². The summed E-state index contributed by atoms with van der Waals surface area (Å²) in [5.74, 6) is -2.68. The summed E-state index contributed by atoms with van der Waals surface area (Å²) in [5.41, 5.74) is 2.47. The first-order valence-electron chi connectivity index (χ1n) is 18.1. The molecule has 2 aromatic carbocycles. The van der Waals surface area contributed by atoms with E-state index in [9.17, 15) is 27.2 Å². The third kappa shape index (κ3) is 7.54. The summed E-state index contributed by atoms with van der Waals surface area (Å²) in [7, 11) is 2.17. The van der Waals surface area contributed by atoms with Crippen LogP contribution >= 0.6 is 0 Å². The minimum absolute atomic E-state index is 0.0714. The van der Waals surface area contributed by atoms with Crippen molar-refractivity contribution in [1.29, 1.82) is 0 Å². The number of amides is 2. The number of alkyl halides is 2. The van der Waals surface area contributed by atoms with E-state index in [-0.39, 0.29) is 34.4 Å². The topological polar surface area (TPSA) is 107 Å². The fourth-order valence-electron chi connectivity index (χ4n) is 7.96. The minimum atomic E-state index is -3.30. The van der Waals surface area contributed by atoms with E-state index in [2.05, 4.69) is 44.2 Å². The number of likely N-dealkylation sites (tertiary alicyclic amines) is 2. The Labute approximate surface area is 305 Å². The van der Waals surface area contributed by atoms with Crippen LogP contribution in [0.3, 0.4) is 0 Å². The van der Waals surface area contributed by atoms with Gasteiger partial charge in [-0.2, -0.15) is 13.2 Å². The maximum Gasteiger partial charge on any atom is 0.387 e. The summed E-state index contributed by atoms with van der Waals surface area (Å²) < 4.78 is 60.2. The predicted octanol–water partition coefficient (Wildman–Crippen LogP) is 5.43. The second-order valence-corrected chi connectivity index (χ2v) is 14.9. The Morgan fingerprint density at radius 1 is 1.08 bits per heavy atom. The number of piperidine rings is 1. The third-order valence-corrected chi connectivity index (χ3v) is 10.6. The number of aromatic nitrogens is 3. The molecular weight excluding hydrogens is 692 g/mol. The quantitative estimate of drug-likeness (QED) is 0.186. The van der Waals surface area contributed by atoms with Crippen LogP contribution in [0.4, 0.5) is 29.1 Å². The second-order valence-electron chi connectivity index (χ2n) is 14.9. The van der Waals surface area contributed by atoms with E-state index in [1.807, 2.05) is 22.8 Å². The van der Waals surface area contributed by atoms with E-state index < -0.39 is 24.0 Å². The van der Waals surface area contributed by atoms with Crippen LogP contribution in [-0.2, 0) is 11.2 Å². The number of hydrogen-bond acceptors (Lipinski definition) is 8. The number of hydrogen-bond donors (Lipinski definition) is 2. The van der Waals surface area contributed by atoms with Gasteiger partial charge in [-0.25, -0.2) is 14.4 Å². The first-order valence-corrected chi connectivity index (χ1v) is 18.1. The number of imidazole rings is 1. The van der Waals surface area contributed by atoms with E-state index in [0.717, 1.165) is 62.9 Å². The van der Waals surface area contributed by atoms with Crippen molar-refractivity contribution in [2.75, 3.05) is 64.7 Å². The van der Waals surface area contributed by atoms with E-state index in [1.165, 1.54) is 23.0 Å². The van der Waals surface area contributed by atoms with Crippen molar-refractivity contribution in [3.8, 4) is 17.0 Å². The van der Waals surface area contributed by atoms with Gasteiger partial charge in [0.25, 0.3) is 5.91 Å². The highest BCUT2D eigenvalue weighted by Crippen LogP contribution is 2.35. The number of fused-ring (bicyclic) bond motifs is 1. The molecule has 11 nitrogen and oxygen atoms in total. The highest BCUT2D eigenvalue weighted by Gasteiger charge is 2.44. The molecule has 5 heterocycles. The van der Waals surface area contributed by atoms with E-state index in [0.29, 0.717) is 55.1 Å². The standard InChI is InChI=1S/C38H44F4N8O3/c1-4-24-15-26(46-33-34-45-18-29(50(34)14-11-44-33)28-7-8-30(53-37(41)42)32(40)31(28)39)5-6-27(24)36(52)48-12-9-25(10-13-48)35(51)49-21-38(2,22-49)20-47(3)19-23-16-43-17-23/h5-8,11,14-15,18,23,25,37,43H,4,9-10,12-13,16-17,19-22H2,1-3H3,(H,44,46). The number of nitrogens with one attached hydrogen (secondary N) is 2. The Kier molecular flexibility index (Phi) is 10.3. The zero-order valence-electron chi connectivity index (χ0n) is 30.0. The molecule has 3 saturated heterocycles. The van der Waals surface area contributed by atoms with Gasteiger partial charge in [-0.3, -0.25) is 14.0 Å². The third-order valence-electron chi connectivity index (χ3n) is 10.6. The Hall–Kier alpha value is -4.76. The van der Waals surface area contributed by atoms with Crippen LogP contribution in [0, 0.1) is 28.9 Å². The molecule has 0 atom stereocenters. The minimum Gasteiger partial charge on any atom is -0.432 e. The molecule has 2 aromatic heterocycles. The van der Waals surface area contributed by atoms with Crippen molar-refractivity contribution >= 4 is 29.0 Å². The SMILES string of the molecule is CCc1cc(Nc2nccn3c(-c4ccc(OC(F)F)c(F)c4F)cnc23)ccc1C(=O)N1CCC(C(=O)N2CC(C)(CN(C)CC3CNC3)C2)CC1. The predicted molar refractivity (Wildman–Crippen MR) is 191 cm³/mol. The number of aryl methyl sites for hydroxylation is 1. The molecule has 0 bridgehead atoms. The van der Waals surface area contributed by atoms with Crippen LogP contribution in [0.25, 0.3) is 16.9 Å². The number of ether oxygens (including phenoxy) is 1. The zero-order valence-corrected chi connectivity index (χ0v) is 30.0. The van der Waals surface area contributed by atoms with E-state index in [4.69, 9.17) is 0 Å². The summed E-state index contributed by atoms with van der Waals surface area (Å²) >= 11 is 0. The lowest BCUT2D eigenvalue weighted by Crippen LogP contribution is -2.62. The van der Waals surface area contributed by atoms with Gasteiger partial charge in [-0.1, -0.05) is 13.8 Å². The fourth-order valence-corrected chi connectivity index (χ4v) is 7.96. The zero-order chi connectivity index (χ0) is 37.4. The normalized spacial score (nSPS) is 17.7. The van der Waals surface area contributed by atoms with Crippen molar-refractivity contribution < 1.29 is 31.9 Å². The molecule has 0 unspecified atom stereocenters.